The van der Waals surface area contributed by atoms with E-state index in [0.717, 1.165) is 5.56 Å². The van der Waals surface area contributed by atoms with Gasteiger partial charge in [-0.25, -0.2) is 0 Å². The molecule has 2 unspecified atom stereocenters. The molecule has 0 fully saturated rings. The predicted molar refractivity (Wildman–Crippen MR) is 77.8 cm³/mol. The molecule has 0 spiro atoms. The zero-order chi connectivity index (χ0) is 14.4. The number of aliphatic hydroxyl groups is 2. The molecular formula is C14H18NO3P. The summed E-state index contributed by atoms with van der Waals surface area (Å²) in [6.45, 7) is 5.19. The lowest BCUT2D eigenvalue weighted by molar-refractivity contribution is -0.553. The smallest absolute Gasteiger partial charge is 0.244 e. The number of hydroxylamine groups is 1. The Hall–Kier alpha value is -1.22. The summed E-state index contributed by atoms with van der Waals surface area (Å²) in [5.41, 5.74) is -1.01. The van der Waals surface area contributed by atoms with Crippen molar-refractivity contribution in [2.24, 2.45) is 0 Å². The second-order valence-corrected chi connectivity index (χ2v) is 6.18. The van der Waals surface area contributed by atoms with E-state index in [1.165, 1.54) is 0 Å². The van der Waals surface area contributed by atoms with E-state index in [1.54, 1.807) is 26.0 Å². The number of aliphatic hydroxyl groups excluding tert-OH is 1. The van der Waals surface area contributed by atoms with Crippen molar-refractivity contribution >= 4 is 20.0 Å². The molecule has 1 aromatic carbocycles. The lowest BCUT2D eigenvalue weighted by Crippen LogP contribution is -2.54. The number of aryl methyl sites for hydroxylation is 1. The molecule has 1 heterocycles. The van der Waals surface area contributed by atoms with Crippen LogP contribution in [0.25, 0.3) is 0 Å². The van der Waals surface area contributed by atoms with Crippen LogP contribution in [0.5, 0.6) is 0 Å². The molecule has 19 heavy (non-hydrogen) atoms. The summed E-state index contributed by atoms with van der Waals surface area (Å²) in [7, 11) is 0.420. The molecule has 1 aliphatic rings. The Morgan fingerprint density at radius 3 is 2.26 bits per heavy atom. The lowest BCUT2D eigenvalue weighted by Gasteiger charge is -2.35. The number of rotatable bonds is 2. The second kappa shape index (κ2) is 4.41. The Balaban J connectivity index is 2.62. The van der Waals surface area contributed by atoms with Gasteiger partial charge < -0.3 is 15.4 Å². The maximum absolute atomic E-state index is 12.2. The van der Waals surface area contributed by atoms with E-state index < -0.39 is 17.2 Å². The van der Waals surface area contributed by atoms with Crippen molar-refractivity contribution in [1.82, 2.24) is 0 Å². The van der Waals surface area contributed by atoms with Crippen molar-refractivity contribution in [2.75, 3.05) is 0 Å². The average Bonchev–Trinajstić information content (AvgIpc) is 2.50. The van der Waals surface area contributed by atoms with E-state index in [1.807, 2.05) is 19.1 Å². The van der Waals surface area contributed by atoms with Crippen LogP contribution in [0.1, 0.15) is 25.0 Å². The van der Waals surface area contributed by atoms with Crippen molar-refractivity contribution < 1.29 is 15.0 Å². The van der Waals surface area contributed by atoms with E-state index in [4.69, 9.17) is 0 Å². The molecule has 0 amide bonds. The second-order valence-electron chi connectivity index (χ2n) is 5.40. The van der Waals surface area contributed by atoms with E-state index >= 15 is 0 Å². The highest BCUT2D eigenvalue weighted by atomic mass is 31.1. The predicted octanol–water partition coefficient (Wildman–Crippen LogP) is 1.62. The lowest BCUT2D eigenvalue weighted by atomic mass is 9.76. The Morgan fingerprint density at radius 1 is 1.32 bits per heavy atom. The minimum atomic E-state index is -1.64. The van der Waals surface area contributed by atoms with Gasteiger partial charge in [-0.05, 0) is 20.7 Å². The fraction of sp³-hybridized carbons (Fsp3) is 0.429. The highest BCUT2D eigenvalue weighted by Gasteiger charge is 2.64. The normalized spacial score (nSPS) is 30.1. The highest BCUT2D eigenvalue weighted by Crippen LogP contribution is 2.44. The van der Waals surface area contributed by atoms with Gasteiger partial charge in [0, 0.05) is 13.8 Å². The molecule has 1 aromatic rings. The van der Waals surface area contributed by atoms with Crippen LogP contribution in [0.15, 0.2) is 24.3 Å². The third-order valence-corrected chi connectivity index (χ3v) is 4.69. The first kappa shape index (κ1) is 14.2. The van der Waals surface area contributed by atoms with E-state index in [0.29, 0.717) is 18.5 Å². The van der Waals surface area contributed by atoms with Crippen LogP contribution in [0, 0.1) is 12.1 Å². The molecule has 0 radical (unpaired) electrons. The van der Waals surface area contributed by atoms with Gasteiger partial charge in [-0.3, -0.25) is 0 Å². The van der Waals surface area contributed by atoms with Gasteiger partial charge in [0.15, 0.2) is 11.7 Å². The third-order valence-electron chi connectivity index (χ3n) is 3.94. The summed E-state index contributed by atoms with van der Waals surface area (Å²) in [5.74, 6) is 0. The van der Waals surface area contributed by atoms with Crippen LogP contribution < -0.4 is 0 Å². The van der Waals surface area contributed by atoms with Gasteiger partial charge in [0.05, 0.1) is 0 Å². The number of hydrogen-bond acceptors (Lipinski definition) is 3. The van der Waals surface area contributed by atoms with Crippen LogP contribution >= 0.6 is 8.20 Å². The topological polar surface area (TPSA) is 66.5 Å². The molecule has 2 atom stereocenters. The van der Waals surface area contributed by atoms with Crippen molar-refractivity contribution in [3.8, 4) is 0 Å². The monoisotopic (exact) mass is 279 g/mol. The van der Waals surface area contributed by atoms with Crippen LogP contribution in [0.3, 0.4) is 0 Å². The number of benzene rings is 1. The molecule has 1 aliphatic heterocycles. The number of hydrogen-bond donors (Lipinski definition) is 2. The van der Waals surface area contributed by atoms with Crippen LogP contribution in [-0.2, 0) is 5.60 Å². The first-order chi connectivity index (χ1) is 8.76. The quantitative estimate of drug-likeness (QED) is 0.491. The van der Waals surface area contributed by atoms with E-state index in [-0.39, 0.29) is 5.45 Å². The van der Waals surface area contributed by atoms with Gasteiger partial charge >= 0.3 is 0 Å². The maximum Gasteiger partial charge on any atom is 0.244 e. The molecule has 102 valence electrons. The molecule has 0 bridgehead atoms. The van der Waals surface area contributed by atoms with Gasteiger partial charge in [0.1, 0.15) is 0 Å². The Morgan fingerprint density at radius 2 is 1.84 bits per heavy atom. The maximum atomic E-state index is 12.2. The van der Waals surface area contributed by atoms with Crippen molar-refractivity contribution in [2.45, 2.75) is 38.0 Å². The van der Waals surface area contributed by atoms with E-state index in [9.17, 15) is 15.4 Å². The van der Waals surface area contributed by atoms with Crippen molar-refractivity contribution in [3.63, 3.8) is 0 Å². The molecule has 5 heteroatoms. The fourth-order valence-electron chi connectivity index (χ4n) is 2.54. The Bertz CT molecular complexity index is 550. The van der Waals surface area contributed by atoms with Gasteiger partial charge in [0.25, 0.3) is 0 Å². The van der Waals surface area contributed by atoms with E-state index in [2.05, 4.69) is 6.30 Å². The molecule has 0 aliphatic carbocycles. The summed E-state index contributed by atoms with van der Waals surface area (Å²) >= 11 is 0. The Kier molecular flexibility index (Phi) is 3.29. The van der Waals surface area contributed by atoms with Gasteiger partial charge in [0.2, 0.25) is 11.0 Å². The molecular weight excluding hydrogens is 261 g/mol. The largest absolute Gasteiger partial charge is 0.623 e. The molecule has 0 saturated carbocycles. The van der Waals surface area contributed by atoms with Crippen LogP contribution in [-0.4, -0.2) is 38.3 Å². The molecule has 0 aromatic heterocycles. The standard InChI is InChI=1S/C14H18NO3P/c1-9-5-7-10(8-6-9)14(17)11(16)12(19-4)15(18)13(14,2)3/h5-8,11,16-17H,4H2,1-3H3. The third kappa shape index (κ3) is 1.75. The summed E-state index contributed by atoms with van der Waals surface area (Å²) in [4.78, 5) is 0. The fourth-order valence-corrected chi connectivity index (χ4v) is 3.28. The number of nitrogens with zero attached hydrogens (tertiary/aromatic N) is 1. The van der Waals surface area contributed by atoms with Gasteiger partial charge in [-0.15, -0.1) is 0 Å². The average molecular weight is 279 g/mol. The van der Waals surface area contributed by atoms with Crippen LogP contribution in [0.4, 0.5) is 0 Å². The Labute approximate surface area is 114 Å². The minimum absolute atomic E-state index is 0.188. The zero-order valence-corrected chi connectivity index (χ0v) is 12.2. The highest BCUT2D eigenvalue weighted by molar-refractivity contribution is 7.56. The molecule has 4 nitrogen and oxygen atoms in total. The summed E-state index contributed by atoms with van der Waals surface area (Å²) in [5, 5.41) is 33.6. The summed E-state index contributed by atoms with van der Waals surface area (Å²) in [6, 6.07) is 7.20. The molecule has 2 rings (SSSR count). The van der Waals surface area contributed by atoms with Crippen molar-refractivity contribution in [3.05, 3.63) is 40.6 Å². The van der Waals surface area contributed by atoms with Gasteiger partial charge in [-0.2, -0.15) is 4.74 Å². The zero-order valence-electron chi connectivity index (χ0n) is 11.3. The summed E-state index contributed by atoms with van der Waals surface area (Å²) < 4.78 is 0.687. The molecule has 0 saturated heterocycles. The van der Waals surface area contributed by atoms with Crippen LogP contribution in [0.2, 0.25) is 0 Å². The first-order valence-electron chi connectivity index (χ1n) is 6.05. The first-order valence-corrected chi connectivity index (χ1v) is 7.13. The van der Waals surface area contributed by atoms with Crippen molar-refractivity contribution in [1.29, 1.82) is 0 Å². The summed E-state index contributed by atoms with van der Waals surface area (Å²) in [6.07, 6.45) is 2.38. The SMILES string of the molecule is C=PC1=[N+]([O-])C(C)(C)C(O)(c2ccc(C)cc2)C1O. The minimum Gasteiger partial charge on any atom is -0.623 e. The molecule has 2 N–H and O–H groups in total. The van der Waals surface area contributed by atoms with Gasteiger partial charge in [-0.1, -0.05) is 36.1 Å².